The molecule has 0 saturated heterocycles. The normalized spacial score (nSPS) is 18.2. The third-order valence-corrected chi connectivity index (χ3v) is 3.74. The molecule has 1 aliphatic rings. The highest BCUT2D eigenvalue weighted by Crippen LogP contribution is 2.32. The standard InChI is InChI=1S/C14H19ClN2O/c1-9(11-4-2-3-5-12(11)15)17-14(18)8-13(16)10-6-7-10/h2-5,9-10,13H,6-8,16H2,1H3,(H,17,18)/t9-,13?/m0/s1. The van der Waals surface area contributed by atoms with Gasteiger partial charge in [0.25, 0.3) is 0 Å². The highest BCUT2D eigenvalue weighted by molar-refractivity contribution is 6.31. The number of halogens is 1. The summed E-state index contributed by atoms with van der Waals surface area (Å²) in [5.41, 5.74) is 6.87. The number of nitrogens with two attached hydrogens (primary N) is 1. The lowest BCUT2D eigenvalue weighted by Crippen LogP contribution is -2.34. The molecule has 0 spiro atoms. The zero-order valence-electron chi connectivity index (χ0n) is 10.5. The SMILES string of the molecule is C[C@H](NC(=O)CC(N)C1CC1)c1ccccc1Cl. The Kier molecular flexibility index (Phi) is 4.25. The van der Waals surface area contributed by atoms with Crippen LogP contribution in [0.25, 0.3) is 0 Å². The Morgan fingerprint density at radius 1 is 1.50 bits per heavy atom. The Balaban J connectivity index is 1.88. The van der Waals surface area contributed by atoms with E-state index in [1.807, 2.05) is 31.2 Å². The van der Waals surface area contributed by atoms with Crippen molar-refractivity contribution in [2.24, 2.45) is 11.7 Å². The third kappa shape index (κ3) is 3.47. The molecule has 2 rings (SSSR count). The molecule has 1 fully saturated rings. The molecule has 1 aromatic rings. The Hall–Kier alpha value is -1.06. The summed E-state index contributed by atoms with van der Waals surface area (Å²) < 4.78 is 0. The minimum atomic E-state index is -0.0856. The van der Waals surface area contributed by atoms with Crippen molar-refractivity contribution in [3.8, 4) is 0 Å². The Morgan fingerprint density at radius 3 is 2.78 bits per heavy atom. The molecule has 3 N–H and O–H groups in total. The van der Waals surface area contributed by atoms with Gasteiger partial charge in [0.15, 0.2) is 0 Å². The van der Waals surface area contributed by atoms with Gasteiger partial charge >= 0.3 is 0 Å². The number of hydrogen-bond donors (Lipinski definition) is 2. The molecule has 1 unspecified atom stereocenters. The van der Waals surface area contributed by atoms with E-state index < -0.39 is 0 Å². The van der Waals surface area contributed by atoms with Crippen molar-refractivity contribution in [2.75, 3.05) is 0 Å². The Morgan fingerprint density at radius 2 is 2.17 bits per heavy atom. The summed E-state index contributed by atoms with van der Waals surface area (Å²) in [5, 5.41) is 3.62. The van der Waals surface area contributed by atoms with Gasteiger partial charge in [-0.1, -0.05) is 29.8 Å². The van der Waals surface area contributed by atoms with E-state index in [1.165, 1.54) is 0 Å². The van der Waals surface area contributed by atoms with Crippen molar-refractivity contribution in [1.82, 2.24) is 5.32 Å². The number of benzene rings is 1. The molecule has 1 saturated carbocycles. The minimum absolute atomic E-state index is 0.00168. The summed E-state index contributed by atoms with van der Waals surface area (Å²) in [7, 11) is 0. The van der Waals surface area contributed by atoms with Crippen LogP contribution < -0.4 is 11.1 Å². The first-order chi connectivity index (χ1) is 8.58. The molecule has 3 nitrogen and oxygen atoms in total. The van der Waals surface area contributed by atoms with Gasteiger partial charge in [-0.3, -0.25) is 4.79 Å². The topological polar surface area (TPSA) is 55.1 Å². The maximum absolute atomic E-state index is 11.8. The van der Waals surface area contributed by atoms with E-state index >= 15 is 0 Å². The van der Waals surface area contributed by atoms with Crippen LogP contribution in [-0.2, 0) is 4.79 Å². The van der Waals surface area contributed by atoms with Gasteiger partial charge in [-0.15, -0.1) is 0 Å². The summed E-state index contributed by atoms with van der Waals surface area (Å²) in [6, 6.07) is 7.47. The molecule has 1 aromatic carbocycles. The second kappa shape index (κ2) is 5.72. The van der Waals surface area contributed by atoms with E-state index in [9.17, 15) is 4.79 Å². The molecular weight excluding hydrogens is 248 g/mol. The van der Waals surface area contributed by atoms with Gasteiger partial charge in [-0.2, -0.15) is 0 Å². The van der Waals surface area contributed by atoms with E-state index in [1.54, 1.807) is 0 Å². The van der Waals surface area contributed by atoms with Gasteiger partial charge in [-0.25, -0.2) is 0 Å². The van der Waals surface area contributed by atoms with Gasteiger partial charge in [0, 0.05) is 17.5 Å². The quantitative estimate of drug-likeness (QED) is 0.861. The van der Waals surface area contributed by atoms with Crippen molar-refractivity contribution in [3.63, 3.8) is 0 Å². The van der Waals surface area contributed by atoms with Crippen LogP contribution in [0.3, 0.4) is 0 Å². The van der Waals surface area contributed by atoms with Gasteiger partial charge in [0.2, 0.25) is 5.91 Å². The number of rotatable bonds is 5. The zero-order valence-corrected chi connectivity index (χ0v) is 11.3. The molecule has 0 radical (unpaired) electrons. The van der Waals surface area contributed by atoms with Crippen LogP contribution >= 0.6 is 11.6 Å². The number of carbonyl (C=O) groups is 1. The lowest BCUT2D eigenvalue weighted by atomic mass is 10.1. The smallest absolute Gasteiger partial charge is 0.222 e. The average Bonchev–Trinajstić information content (AvgIpc) is 3.12. The second-order valence-electron chi connectivity index (χ2n) is 5.02. The fraction of sp³-hybridized carbons (Fsp3) is 0.500. The van der Waals surface area contributed by atoms with Gasteiger partial charge in [0.1, 0.15) is 0 Å². The largest absolute Gasteiger partial charge is 0.349 e. The minimum Gasteiger partial charge on any atom is -0.349 e. The molecule has 1 aliphatic carbocycles. The first kappa shape index (κ1) is 13.4. The fourth-order valence-electron chi connectivity index (χ4n) is 2.11. The third-order valence-electron chi connectivity index (χ3n) is 3.40. The highest BCUT2D eigenvalue weighted by Gasteiger charge is 2.30. The molecule has 0 heterocycles. The van der Waals surface area contributed by atoms with Crippen LogP contribution in [0.2, 0.25) is 5.02 Å². The first-order valence-electron chi connectivity index (χ1n) is 6.37. The molecule has 0 bridgehead atoms. The predicted octanol–water partition coefficient (Wildman–Crippen LogP) is 2.64. The molecular formula is C14H19ClN2O. The van der Waals surface area contributed by atoms with Crippen LogP contribution in [0, 0.1) is 5.92 Å². The monoisotopic (exact) mass is 266 g/mol. The number of hydrogen-bond acceptors (Lipinski definition) is 2. The summed E-state index contributed by atoms with van der Waals surface area (Å²) in [6.45, 7) is 1.93. The fourth-order valence-corrected chi connectivity index (χ4v) is 2.41. The number of nitrogens with one attached hydrogen (secondary N) is 1. The van der Waals surface area contributed by atoms with Crippen LogP contribution in [0.4, 0.5) is 0 Å². The molecule has 1 amide bonds. The van der Waals surface area contributed by atoms with Crippen molar-refractivity contribution < 1.29 is 4.79 Å². The van der Waals surface area contributed by atoms with Gasteiger partial charge < -0.3 is 11.1 Å². The maximum Gasteiger partial charge on any atom is 0.222 e. The van der Waals surface area contributed by atoms with E-state index in [0.29, 0.717) is 17.4 Å². The maximum atomic E-state index is 11.8. The molecule has 4 heteroatoms. The Bertz CT molecular complexity index is 432. The number of carbonyl (C=O) groups excluding carboxylic acids is 1. The molecule has 0 aliphatic heterocycles. The molecule has 2 atom stereocenters. The van der Waals surface area contributed by atoms with E-state index in [-0.39, 0.29) is 18.0 Å². The van der Waals surface area contributed by atoms with Crippen molar-refractivity contribution in [1.29, 1.82) is 0 Å². The second-order valence-corrected chi connectivity index (χ2v) is 5.42. The van der Waals surface area contributed by atoms with E-state index in [2.05, 4.69) is 5.32 Å². The highest BCUT2D eigenvalue weighted by atomic mass is 35.5. The molecule has 0 aromatic heterocycles. The van der Waals surface area contributed by atoms with Crippen LogP contribution in [-0.4, -0.2) is 11.9 Å². The van der Waals surface area contributed by atoms with Crippen LogP contribution in [0.5, 0.6) is 0 Å². The van der Waals surface area contributed by atoms with Gasteiger partial charge in [0.05, 0.1) is 6.04 Å². The summed E-state index contributed by atoms with van der Waals surface area (Å²) in [4.78, 5) is 11.8. The Labute approximate surface area is 113 Å². The molecule has 18 heavy (non-hydrogen) atoms. The van der Waals surface area contributed by atoms with E-state index in [0.717, 1.165) is 18.4 Å². The van der Waals surface area contributed by atoms with Gasteiger partial charge in [-0.05, 0) is 37.3 Å². The van der Waals surface area contributed by atoms with Crippen LogP contribution in [0.1, 0.15) is 37.8 Å². The van der Waals surface area contributed by atoms with Crippen molar-refractivity contribution >= 4 is 17.5 Å². The number of amides is 1. The van der Waals surface area contributed by atoms with Crippen molar-refractivity contribution in [2.45, 2.75) is 38.3 Å². The van der Waals surface area contributed by atoms with Crippen molar-refractivity contribution in [3.05, 3.63) is 34.9 Å². The predicted molar refractivity (Wildman–Crippen MR) is 73.3 cm³/mol. The van der Waals surface area contributed by atoms with Crippen LogP contribution in [0.15, 0.2) is 24.3 Å². The zero-order chi connectivity index (χ0) is 13.1. The van der Waals surface area contributed by atoms with E-state index in [4.69, 9.17) is 17.3 Å². The summed E-state index contributed by atoms with van der Waals surface area (Å²) >= 11 is 6.09. The lowest BCUT2D eigenvalue weighted by molar-refractivity contribution is -0.122. The average molecular weight is 267 g/mol. The lowest BCUT2D eigenvalue weighted by Gasteiger charge is -2.17. The summed E-state index contributed by atoms with van der Waals surface area (Å²) in [6.07, 6.45) is 2.72. The summed E-state index contributed by atoms with van der Waals surface area (Å²) in [5.74, 6) is 0.549. The molecule has 98 valence electrons. The first-order valence-corrected chi connectivity index (χ1v) is 6.75.